The standard InChI is InChI=1S/C15H14BrN5/c1-9-13-14(19-11-4-5-11)17-8-18-15(13)21(20-9)12-6-2-10(16)3-7-12/h2-3,6-8,11H,4-5H2,1H3,(H,17,18,19). The highest BCUT2D eigenvalue weighted by atomic mass is 79.9. The lowest BCUT2D eigenvalue weighted by atomic mass is 10.3. The lowest BCUT2D eigenvalue weighted by molar-refractivity contribution is 0.876. The second-order valence-corrected chi connectivity index (χ2v) is 6.23. The molecule has 106 valence electrons. The van der Waals surface area contributed by atoms with Crippen LogP contribution in [0.5, 0.6) is 0 Å². The van der Waals surface area contributed by atoms with Crippen molar-refractivity contribution < 1.29 is 0 Å². The van der Waals surface area contributed by atoms with Crippen LogP contribution in [0, 0.1) is 6.92 Å². The molecule has 0 spiro atoms. The van der Waals surface area contributed by atoms with Gasteiger partial charge in [0.15, 0.2) is 5.65 Å². The third kappa shape index (κ3) is 2.29. The van der Waals surface area contributed by atoms with Crippen molar-refractivity contribution in [2.24, 2.45) is 0 Å². The van der Waals surface area contributed by atoms with Crippen molar-refractivity contribution in [3.05, 3.63) is 40.8 Å². The SMILES string of the molecule is Cc1nn(-c2ccc(Br)cc2)c2ncnc(NC3CC3)c12. The van der Waals surface area contributed by atoms with Crippen LogP contribution in [0.2, 0.25) is 0 Å². The number of aryl methyl sites for hydroxylation is 1. The van der Waals surface area contributed by atoms with Gasteiger partial charge in [0, 0.05) is 10.5 Å². The lowest BCUT2D eigenvalue weighted by Gasteiger charge is -2.05. The number of hydrogen-bond donors (Lipinski definition) is 1. The zero-order valence-corrected chi connectivity index (χ0v) is 13.1. The van der Waals surface area contributed by atoms with Crippen LogP contribution in [0.1, 0.15) is 18.5 Å². The van der Waals surface area contributed by atoms with E-state index in [0.717, 1.165) is 32.7 Å². The van der Waals surface area contributed by atoms with E-state index in [9.17, 15) is 0 Å². The van der Waals surface area contributed by atoms with Gasteiger partial charge in [0.25, 0.3) is 0 Å². The second kappa shape index (κ2) is 4.80. The fourth-order valence-electron chi connectivity index (χ4n) is 2.41. The maximum Gasteiger partial charge on any atom is 0.168 e. The van der Waals surface area contributed by atoms with Crippen LogP contribution < -0.4 is 5.32 Å². The van der Waals surface area contributed by atoms with E-state index in [4.69, 9.17) is 0 Å². The summed E-state index contributed by atoms with van der Waals surface area (Å²) < 4.78 is 2.92. The average molecular weight is 344 g/mol. The fraction of sp³-hybridized carbons (Fsp3) is 0.267. The van der Waals surface area contributed by atoms with Crippen LogP contribution >= 0.6 is 15.9 Å². The molecule has 4 rings (SSSR count). The van der Waals surface area contributed by atoms with Gasteiger partial charge in [-0.3, -0.25) is 0 Å². The molecule has 0 amide bonds. The molecule has 0 unspecified atom stereocenters. The Morgan fingerprint density at radius 3 is 2.67 bits per heavy atom. The Bertz CT molecular complexity index is 805. The van der Waals surface area contributed by atoms with Crippen molar-refractivity contribution in [1.82, 2.24) is 19.7 Å². The summed E-state index contributed by atoms with van der Waals surface area (Å²) in [7, 11) is 0. The van der Waals surface area contributed by atoms with E-state index < -0.39 is 0 Å². The van der Waals surface area contributed by atoms with Crippen LogP contribution in [0.3, 0.4) is 0 Å². The van der Waals surface area contributed by atoms with Crippen molar-refractivity contribution in [1.29, 1.82) is 0 Å². The number of anilines is 1. The van der Waals surface area contributed by atoms with Gasteiger partial charge in [-0.15, -0.1) is 0 Å². The quantitative estimate of drug-likeness (QED) is 0.791. The van der Waals surface area contributed by atoms with Gasteiger partial charge in [0.1, 0.15) is 12.1 Å². The average Bonchev–Trinajstić information content (AvgIpc) is 3.23. The first-order valence-electron chi connectivity index (χ1n) is 6.95. The summed E-state index contributed by atoms with van der Waals surface area (Å²) >= 11 is 3.45. The van der Waals surface area contributed by atoms with Gasteiger partial charge < -0.3 is 5.32 Å². The summed E-state index contributed by atoms with van der Waals surface area (Å²) in [4.78, 5) is 8.81. The Labute approximate surface area is 130 Å². The number of halogens is 1. The summed E-state index contributed by atoms with van der Waals surface area (Å²) in [5, 5.41) is 9.11. The molecule has 2 aromatic heterocycles. The van der Waals surface area contributed by atoms with Crippen LogP contribution in [0.15, 0.2) is 35.1 Å². The number of fused-ring (bicyclic) bond motifs is 1. The van der Waals surface area contributed by atoms with Gasteiger partial charge in [-0.05, 0) is 44.0 Å². The van der Waals surface area contributed by atoms with Crippen molar-refractivity contribution in [2.75, 3.05) is 5.32 Å². The molecule has 1 saturated carbocycles. The zero-order chi connectivity index (χ0) is 14.4. The van der Waals surface area contributed by atoms with Crippen LogP contribution in [-0.4, -0.2) is 25.8 Å². The molecule has 1 aromatic carbocycles. The van der Waals surface area contributed by atoms with Crippen LogP contribution in [0.4, 0.5) is 5.82 Å². The van der Waals surface area contributed by atoms with E-state index in [1.807, 2.05) is 35.9 Å². The summed E-state index contributed by atoms with van der Waals surface area (Å²) in [6.45, 7) is 2.00. The first-order chi connectivity index (χ1) is 10.2. The van der Waals surface area contributed by atoms with E-state index in [2.05, 4.69) is 36.3 Å². The molecule has 0 saturated heterocycles. The maximum atomic E-state index is 4.64. The molecule has 3 aromatic rings. The number of rotatable bonds is 3. The van der Waals surface area contributed by atoms with Gasteiger partial charge >= 0.3 is 0 Å². The Morgan fingerprint density at radius 2 is 1.95 bits per heavy atom. The number of hydrogen-bond acceptors (Lipinski definition) is 4. The Morgan fingerprint density at radius 1 is 1.19 bits per heavy atom. The second-order valence-electron chi connectivity index (χ2n) is 5.31. The monoisotopic (exact) mass is 343 g/mol. The van der Waals surface area contributed by atoms with Gasteiger partial charge in [-0.2, -0.15) is 5.10 Å². The van der Waals surface area contributed by atoms with E-state index in [1.54, 1.807) is 6.33 Å². The molecule has 0 radical (unpaired) electrons. The van der Waals surface area contributed by atoms with E-state index in [1.165, 1.54) is 12.8 Å². The molecule has 0 atom stereocenters. The highest BCUT2D eigenvalue weighted by molar-refractivity contribution is 9.10. The van der Waals surface area contributed by atoms with Crippen molar-refractivity contribution in [2.45, 2.75) is 25.8 Å². The molecule has 1 fully saturated rings. The maximum absolute atomic E-state index is 4.64. The van der Waals surface area contributed by atoms with Crippen LogP contribution in [0.25, 0.3) is 16.7 Å². The van der Waals surface area contributed by atoms with Crippen molar-refractivity contribution in [3.8, 4) is 5.69 Å². The highest BCUT2D eigenvalue weighted by Crippen LogP contribution is 2.30. The molecule has 0 aliphatic heterocycles. The smallest absolute Gasteiger partial charge is 0.168 e. The summed E-state index contributed by atoms with van der Waals surface area (Å²) in [5.74, 6) is 0.892. The molecule has 0 bridgehead atoms. The Balaban J connectivity index is 1.88. The first kappa shape index (κ1) is 12.8. The number of benzene rings is 1. The van der Waals surface area contributed by atoms with E-state index in [-0.39, 0.29) is 0 Å². The summed E-state index contributed by atoms with van der Waals surface area (Å²) in [5.41, 5.74) is 2.78. The molecule has 1 aliphatic carbocycles. The molecular formula is C15H14BrN5. The molecule has 5 nitrogen and oxygen atoms in total. The van der Waals surface area contributed by atoms with Gasteiger partial charge in [-0.1, -0.05) is 15.9 Å². The Kier molecular flexibility index (Phi) is 2.92. The molecule has 6 heteroatoms. The number of nitrogens with one attached hydrogen (secondary N) is 1. The molecule has 21 heavy (non-hydrogen) atoms. The van der Waals surface area contributed by atoms with E-state index >= 15 is 0 Å². The largest absolute Gasteiger partial charge is 0.367 e. The normalized spacial score (nSPS) is 14.6. The third-order valence-electron chi connectivity index (χ3n) is 3.63. The van der Waals surface area contributed by atoms with Gasteiger partial charge in [0.05, 0.1) is 16.8 Å². The molecule has 1 aliphatic rings. The first-order valence-corrected chi connectivity index (χ1v) is 7.74. The van der Waals surface area contributed by atoms with Crippen molar-refractivity contribution in [3.63, 3.8) is 0 Å². The predicted molar refractivity (Wildman–Crippen MR) is 85.7 cm³/mol. The zero-order valence-electron chi connectivity index (χ0n) is 11.5. The van der Waals surface area contributed by atoms with Gasteiger partial charge in [-0.25, -0.2) is 14.6 Å². The molecule has 1 N–H and O–H groups in total. The van der Waals surface area contributed by atoms with Crippen molar-refractivity contribution >= 4 is 32.8 Å². The molecule has 2 heterocycles. The summed E-state index contributed by atoms with van der Waals surface area (Å²) in [6.07, 6.45) is 4.03. The predicted octanol–water partition coefficient (Wildman–Crippen LogP) is 3.46. The Hall–Kier alpha value is -1.95. The number of nitrogens with zero attached hydrogens (tertiary/aromatic N) is 4. The highest BCUT2D eigenvalue weighted by Gasteiger charge is 2.24. The molecular weight excluding hydrogens is 330 g/mol. The minimum atomic E-state index is 0.554. The minimum Gasteiger partial charge on any atom is -0.367 e. The van der Waals surface area contributed by atoms with E-state index in [0.29, 0.717) is 6.04 Å². The minimum absolute atomic E-state index is 0.554. The third-order valence-corrected chi connectivity index (χ3v) is 4.16. The fourth-order valence-corrected chi connectivity index (χ4v) is 2.67. The topological polar surface area (TPSA) is 55.6 Å². The number of aromatic nitrogens is 4. The van der Waals surface area contributed by atoms with Crippen LogP contribution in [-0.2, 0) is 0 Å². The summed E-state index contributed by atoms with van der Waals surface area (Å²) in [6, 6.07) is 8.60. The lowest BCUT2D eigenvalue weighted by Crippen LogP contribution is -2.04. The van der Waals surface area contributed by atoms with Gasteiger partial charge in [0.2, 0.25) is 0 Å².